The lowest BCUT2D eigenvalue weighted by Crippen LogP contribution is -2.34. The Labute approximate surface area is 121 Å². The lowest BCUT2D eigenvalue weighted by molar-refractivity contribution is -0.124. The first-order chi connectivity index (χ1) is 10.1. The number of carbonyl (C=O) groups excluding carboxylic acids is 3. The third kappa shape index (κ3) is 1.58. The first-order valence-corrected chi connectivity index (χ1v) is 6.90. The molecule has 0 N–H and O–H groups in total. The van der Waals surface area contributed by atoms with Gasteiger partial charge in [-0.3, -0.25) is 14.4 Å². The van der Waals surface area contributed by atoms with E-state index in [1.54, 1.807) is 24.3 Å². The second-order valence-electron chi connectivity index (χ2n) is 5.62. The number of ether oxygens (including phenoxy) is 1. The van der Waals surface area contributed by atoms with E-state index < -0.39 is 11.8 Å². The molecule has 5 nitrogen and oxygen atoms in total. The number of ketones is 1. The first-order valence-electron chi connectivity index (χ1n) is 6.90. The molecule has 3 heterocycles. The Kier molecular flexibility index (Phi) is 2.44. The fraction of sp³-hybridized carbons (Fsp3) is 0.312. The molecule has 1 aromatic carbocycles. The molecule has 0 radical (unpaired) electrons. The average molecular weight is 283 g/mol. The van der Waals surface area contributed by atoms with Crippen LogP contribution in [0.25, 0.3) is 0 Å². The van der Waals surface area contributed by atoms with E-state index in [1.807, 2.05) is 12.2 Å². The summed E-state index contributed by atoms with van der Waals surface area (Å²) in [6.07, 6.45) is 3.12. The molecule has 21 heavy (non-hydrogen) atoms. The minimum Gasteiger partial charge on any atom is -0.365 e. The van der Waals surface area contributed by atoms with Gasteiger partial charge >= 0.3 is 0 Å². The summed E-state index contributed by atoms with van der Waals surface area (Å²) < 4.78 is 5.59. The zero-order valence-electron chi connectivity index (χ0n) is 11.4. The summed E-state index contributed by atoms with van der Waals surface area (Å²) in [5, 5.41) is 0. The largest absolute Gasteiger partial charge is 0.365 e. The number of hydrogen-bond donors (Lipinski definition) is 0. The molecule has 106 valence electrons. The highest BCUT2D eigenvalue weighted by molar-refractivity contribution is 6.23. The predicted octanol–water partition coefficient (Wildman–Crippen LogP) is 1.33. The van der Waals surface area contributed by atoms with Crippen molar-refractivity contribution in [3.05, 3.63) is 42.0 Å². The maximum absolute atomic E-state index is 12.6. The van der Waals surface area contributed by atoms with Gasteiger partial charge in [-0.1, -0.05) is 24.3 Å². The van der Waals surface area contributed by atoms with Crippen LogP contribution >= 0.6 is 0 Å². The number of fused-ring (bicyclic) bond motifs is 5. The van der Waals surface area contributed by atoms with Gasteiger partial charge in [-0.25, -0.2) is 4.90 Å². The second-order valence-corrected chi connectivity index (χ2v) is 5.62. The van der Waals surface area contributed by atoms with Crippen LogP contribution in [0.3, 0.4) is 0 Å². The summed E-state index contributed by atoms with van der Waals surface area (Å²) in [6, 6.07) is 6.63. The Morgan fingerprint density at radius 1 is 1.10 bits per heavy atom. The molecular weight excluding hydrogens is 270 g/mol. The van der Waals surface area contributed by atoms with E-state index in [0.29, 0.717) is 11.3 Å². The molecule has 2 fully saturated rings. The van der Waals surface area contributed by atoms with Crippen molar-refractivity contribution in [2.24, 2.45) is 11.8 Å². The monoisotopic (exact) mass is 283 g/mol. The summed E-state index contributed by atoms with van der Waals surface area (Å²) >= 11 is 0. The number of nitrogens with zero attached hydrogens (tertiary/aromatic N) is 1. The summed E-state index contributed by atoms with van der Waals surface area (Å²) in [5.41, 5.74) is 0.953. The van der Waals surface area contributed by atoms with E-state index in [9.17, 15) is 14.4 Å². The second kappa shape index (κ2) is 4.11. The van der Waals surface area contributed by atoms with Crippen molar-refractivity contribution in [1.82, 2.24) is 0 Å². The van der Waals surface area contributed by atoms with Gasteiger partial charge in [0.2, 0.25) is 11.8 Å². The number of rotatable bonds is 2. The Morgan fingerprint density at radius 3 is 2.29 bits per heavy atom. The van der Waals surface area contributed by atoms with Crippen molar-refractivity contribution in [2.75, 3.05) is 4.90 Å². The quantitative estimate of drug-likeness (QED) is 0.466. The van der Waals surface area contributed by atoms with Gasteiger partial charge < -0.3 is 4.74 Å². The van der Waals surface area contributed by atoms with E-state index in [4.69, 9.17) is 4.74 Å². The Hall–Kier alpha value is -2.27. The minimum absolute atomic E-state index is 0.0961. The molecule has 2 bridgehead atoms. The van der Waals surface area contributed by atoms with E-state index in [2.05, 4.69) is 0 Å². The molecule has 0 aliphatic carbocycles. The van der Waals surface area contributed by atoms with Crippen molar-refractivity contribution < 1.29 is 19.1 Å². The van der Waals surface area contributed by atoms with Gasteiger partial charge in [0.1, 0.15) is 0 Å². The normalized spacial score (nSPS) is 32.9. The smallest absolute Gasteiger partial charge is 0.240 e. The van der Waals surface area contributed by atoms with Crippen molar-refractivity contribution in [2.45, 2.75) is 19.1 Å². The van der Waals surface area contributed by atoms with Gasteiger partial charge in [0, 0.05) is 5.56 Å². The lowest BCUT2D eigenvalue weighted by Gasteiger charge is -2.18. The Morgan fingerprint density at radius 2 is 1.71 bits per heavy atom. The van der Waals surface area contributed by atoms with Crippen molar-refractivity contribution in [3.8, 4) is 0 Å². The maximum Gasteiger partial charge on any atom is 0.240 e. The van der Waals surface area contributed by atoms with Gasteiger partial charge in [0.15, 0.2) is 5.78 Å². The van der Waals surface area contributed by atoms with Gasteiger partial charge in [-0.2, -0.15) is 0 Å². The van der Waals surface area contributed by atoms with Crippen LogP contribution in [0.15, 0.2) is 36.4 Å². The number of imide groups is 1. The van der Waals surface area contributed by atoms with Crippen LogP contribution in [0, 0.1) is 11.8 Å². The van der Waals surface area contributed by atoms with Gasteiger partial charge in [0.05, 0.1) is 29.7 Å². The summed E-state index contributed by atoms with van der Waals surface area (Å²) in [5.74, 6) is -1.41. The zero-order chi connectivity index (χ0) is 14.7. The van der Waals surface area contributed by atoms with Crippen LogP contribution in [-0.2, 0) is 14.3 Å². The molecule has 0 saturated carbocycles. The van der Waals surface area contributed by atoms with Crippen molar-refractivity contribution >= 4 is 23.3 Å². The van der Waals surface area contributed by atoms with E-state index in [1.165, 1.54) is 11.8 Å². The highest BCUT2D eigenvalue weighted by Gasteiger charge is 2.60. The zero-order valence-corrected chi connectivity index (χ0v) is 11.4. The fourth-order valence-electron chi connectivity index (χ4n) is 3.42. The van der Waals surface area contributed by atoms with Crippen LogP contribution in [-0.4, -0.2) is 29.8 Å². The number of Topliss-reactive ketones (excluding diaryl/α,β-unsaturated/α-hetero) is 1. The van der Waals surface area contributed by atoms with Crippen LogP contribution in [0.2, 0.25) is 0 Å². The molecule has 1 aromatic rings. The molecule has 0 unspecified atom stereocenters. The number of anilines is 1. The highest BCUT2D eigenvalue weighted by atomic mass is 16.5. The number of benzene rings is 1. The minimum atomic E-state index is -0.423. The fourth-order valence-corrected chi connectivity index (χ4v) is 3.42. The number of hydrogen-bond acceptors (Lipinski definition) is 4. The molecule has 0 spiro atoms. The highest BCUT2D eigenvalue weighted by Crippen LogP contribution is 2.46. The van der Waals surface area contributed by atoms with Crippen LogP contribution in [0.1, 0.15) is 17.3 Å². The summed E-state index contributed by atoms with van der Waals surface area (Å²) in [6.45, 7) is 1.46. The number of amides is 2. The van der Waals surface area contributed by atoms with E-state index >= 15 is 0 Å². The van der Waals surface area contributed by atoms with Crippen molar-refractivity contribution in [1.29, 1.82) is 0 Å². The lowest BCUT2D eigenvalue weighted by atomic mass is 9.85. The van der Waals surface area contributed by atoms with E-state index in [0.717, 1.165) is 0 Å². The standard InChI is InChI=1S/C16H13NO4/c1-8(18)9-3-2-4-10(7-9)17-15(19)13-11-5-6-12(21-11)14(13)16(17)20/h2-7,11-14H,1H3/t11-,12-,13+,14+/m1/s1. The van der Waals surface area contributed by atoms with E-state index in [-0.39, 0.29) is 29.8 Å². The molecule has 0 aromatic heterocycles. The molecule has 4 atom stereocenters. The molecular formula is C16H13NO4. The van der Waals surface area contributed by atoms with Crippen molar-refractivity contribution in [3.63, 3.8) is 0 Å². The third-order valence-electron chi connectivity index (χ3n) is 4.42. The van der Waals surface area contributed by atoms with Crippen LogP contribution < -0.4 is 4.90 Å². The molecule has 2 amide bonds. The van der Waals surface area contributed by atoms with Gasteiger partial charge in [-0.15, -0.1) is 0 Å². The molecule has 5 heteroatoms. The molecule has 3 aliphatic heterocycles. The molecule has 2 saturated heterocycles. The topological polar surface area (TPSA) is 63.7 Å². The van der Waals surface area contributed by atoms with Gasteiger partial charge in [0.25, 0.3) is 0 Å². The molecule has 3 aliphatic rings. The molecule has 4 rings (SSSR count). The predicted molar refractivity (Wildman–Crippen MR) is 73.7 cm³/mol. The Bertz CT molecular complexity index is 678. The first kappa shape index (κ1) is 12.5. The van der Waals surface area contributed by atoms with Crippen LogP contribution in [0.4, 0.5) is 5.69 Å². The van der Waals surface area contributed by atoms with Crippen LogP contribution in [0.5, 0.6) is 0 Å². The SMILES string of the molecule is CC(=O)c1cccc(N2C(=O)[C@@H]3[C@@H](C2=O)[C@H]2C=C[C@H]3O2)c1. The number of carbonyl (C=O) groups is 3. The maximum atomic E-state index is 12.6. The average Bonchev–Trinajstić information content (AvgIpc) is 3.13. The third-order valence-corrected chi connectivity index (χ3v) is 4.42. The summed E-state index contributed by atoms with van der Waals surface area (Å²) in [7, 11) is 0. The summed E-state index contributed by atoms with van der Waals surface area (Å²) in [4.78, 5) is 37.8. The Balaban J connectivity index is 1.74. The van der Waals surface area contributed by atoms with Gasteiger partial charge in [-0.05, 0) is 19.1 Å².